The standard InChI is InChI=1S/C11H14N4OS2/c12-6-11-15-8(7-18-11)5-9(16)13-2-1-10-14-3-4-17-10/h3-4,7H,1-2,5-6,12H2,(H,13,16). The molecule has 0 saturated heterocycles. The van der Waals surface area contributed by atoms with E-state index in [-0.39, 0.29) is 5.91 Å². The molecule has 0 fully saturated rings. The summed E-state index contributed by atoms with van der Waals surface area (Å²) in [5, 5.41) is 8.56. The highest BCUT2D eigenvalue weighted by atomic mass is 32.1. The first-order valence-corrected chi connectivity index (χ1v) is 7.32. The summed E-state index contributed by atoms with van der Waals surface area (Å²) in [6.07, 6.45) is 2.86. The highest BCUT2D eigenvalue weighted by molar-refractivity contribution is 7.09. The van der Waals surface area contributed by atoms with Crippen LogP contribution in [0, 0.1) is 0 Å². The summed E-state index contributed by atoms with van der Waals surface area (Å²) in [7, 11) is 0. The zero-order chi connectivity index (χ0) is 12.8. The molecular weight excluding hydrogens is 268 g/mol. The van der Waals surface area contributed by atoms with Crippen molar-refractivity contribution in [3.8, 4) is 0 Å². The largest absolute Gasteiger partial charge is 0.355 e. The number of hydrogen-bond donors (Lipinski definition) is 2. The van der Waals surface area contributed by atoms with Gasteiger partial charge in [0.05, 0.1) is 17.1 Å². The molecule has 0 aliphatic heterocycles. The Kier molecular flexibility index (Phi) is 4.80. The van der Waals surface area contributed by atoms with Crippen LogP contribution in [0.3, 0.4) is 0 Å². The Labute approximate surface area is 113 Å². The van der Waals surface area contributed by atoms with E-state index in [1.165, 1.54) is 11.3 Å². The number of amides is 1. The van der Waals surface area contributed by atoms with Crippen molar-refractivity contribution in [1.29, 1.82) is 0 Å². The molecule has 0 aliphatic rings. The molecule has 18 heavy (non-hydrogen) atoms. The number of rotatable bonds is 6. The van der Waals surface area contributed by atoms with E-state index in [0.717, 1.165) is 22.1 Å². The van der Waals surface area contributed by atoms with Gasteiger partial charge in [-0.25, -0.2) is 9.97 Å². The van der Waals surface area contributed by atoms with E-state index in [9.17, 15) is 4.79 Å². The lowest BCUT2D eigenvalue weighted by atomic mass is 10.3. The quantitative estimate of drug-likeness (QED) is 0.827. The number of carbonyl (C=O) groups excluding carboxylic acids is 1. The normalized spacial score (nSPS) is 10.5. The smallest absolute Gasteiger partial charge is 0.226 e. The third-order valence-corrected chi connectivity index (χ3v) is 4.02. The second-order valence-electron chi connectivity index (χ2n) is 3.64. The van der Waals surface area contributed by atoms with Gasteiger partial charge in [0.2, 0.25) is 5.91 Å². The van der Waals surface area contributed by atoms with Gasteiger partial charge in [0.15, 0.2) is 0 Å². The summed E-state index contributed by atoms with van der Waals surface area (Å²) in [5.41, 5.74) is 6.25. The maximum atomic E-state index is 11.6. The molecule has 0 saturated carbocycles. The van der Waals surface area contributed by atoms with Gasteiger partial charge in [-0.05, 0) is 0 Å². The van der Waals surface area contributed by atoms with Crippen LogP contribution in [-0.4, -0.2) is 22.4 Å². The second-order valence-corrected chi connectivity index (χ2v) is 5.56. The van der Waals surface area contributed by atoms with Gasteiger partial charge in [-0.3, -0.25) is 4.79 Å². The van der Waals surface area contributed by atoms with Gasteiger partial charge in [-0.1, -0.05) is 0 Å². The predicted molar refractivity (Wildman–Crippen MR) is 72.5 cm³/mol. The Morgan fingerprint density at radius 1 is 1.39 bits per heavy atom. The summed E-state index contributed by atoms with van der Waals surface area (Å²) >= 11 is 3.09. The number of nitrogens with zero attached hydrogens (tertiary/aromatic N) is 2. The number of aromatic nitrogens is 2. The fraction of sp³-hybridized carbons (Fsp3) is 0.364. The molecule has 5 nitrogen and oxygen atoms in total. The maximum absolute atomic E-state index is 11.6. The third kappa shape index (κ3) is 3.86. The monoisotopic (exact) mass is 282 g/mol. The number of nitrogens with one attached hydrogen (secondary N) is 1. The summed E-state index contributed by atoms with van der Waals surface area (Å²) in [6.45, 7) is 1.04. The first-order chi connectivity index (χ1) is 8.78. The van der Waals surface area contributed by atoms with E-state index in [1.807, 2.05) is 10.8 Å². The summed E-state index contributed by atoms with van der Waals surface area (Å²) < 4.78 is 0. The first kappa shape index (κ1) is 13.1. The third-order valence-electron chi connectivity index (χ3n) is 2.26. The van der Waals surface area contributed by atoms with Crippen molar-refractivity contribution in [1.82, 2.24) is 15.3 Å². The Balaban J connectivity index is 1.71. The fourth-order valence-electron chi connectivity index (χ4n) is 1.44. The maximum Gasteiger partial charge on any atom is 0.226 e. The summed E-state index contributed by atoms with van der Waals surface area (Å²) in [4.78, 5) is 20.0. The average Bonchev–Trinajstić information content (AvgIpc) is 3.00. The summed E-state index contributed by atoms with van der Waals surface area (Å²) in [6, 6.07) is 0. The van der Waals surface area contributed by atoms with E-state index in [0.29, 0.717) is 19.5 Å². The van der Waals surface area contributed by atoms with Gasteiger partial charge < -0.3 is 11.1 Å². The van der Waals surface area contributed by atoms with Crippen LogP contribution < -0.4 is 11.1 Å². The van der Waals surface area contributed by atoms with E-state index >= 15 is 0 Å². The molecule has 2 aromatic rings. The first-order valence-electron chi connectivity index (χ1n) is 5.56. The molecule has 0 spiro atoms. The van der Waals surface area contributed by atoms with Crippen LogP contribution in [0.25, 0.3) is 0 Å². The second kappa shape index (κ2) is 6.58. The van der Waals surface area contributed by atoms with Crippen LogP contribution in [-0.2, 0) is 24.2 Å². The van der Waals surface area contributed by atoms with Crippen molar-refractivity contribution in [3.63, 3.8) is 0 Å². The Morgan fingerprint density at radius 3 is 2.94 bits per heavy atom. The lowest BCUT2D eigenvalue weighted by molar-refractivity contribution is -0.120. The van der Waals surface area contributed by atoms with Crippen LogP contribution >= 0.6 is 22.7 Å². The van der Waals surface area contributed by atoms with Gasteiger partial charge in [-0.2, -0.15) is 0 Å². The zero-order valence-corrected chi connectivity index (χ0v) is 11.4. The molecule has 2 rings (SSSR count). The minimum Gasteiger partial charge on any atom is -0.355 e. The predicted octanol–water partition coefficient (Wildman–Crippen LogP) is 0.960. The molecule has 3 N–H and O–H groups in total. The lowest BCUT2D eigenvalue weighted by Gasteiger charge is -2.01. The SMILES string of the molecule is NCc1nc(CC(=O)NCCc2nccs2)cs1. The topological polar surface area (TPSA) is 80.9 Å². The van der Waals surface area contributed by atoms with Gasteiger partial charge in [-0.15, -0.1) is 22.7 Å². The zero-order valence-electron chi connectivity index (χ0n) is 9.76. The van der Waals surface area contributed by atoms with Crippen molar-refractivity contribution in [2.24, 2.45) is 5.73 Å². The molecule has 0 unspecified atom stereocenters. The Hall–Kier alpha value is -1.31. The van der Waals surface area contributed by atoms with Crippen molar-refractivity contribution in [2.45, 2.75) is 19.4 Å². The summed E-state index contributed by atoms with van der Waals surface area (Å²) in [5.74, 6) is -0.0135. The fourth-order valence-corrected chi connectivity index (χ4v) is 2.73. The molecule has 0 bridgehead atoms. The van der Waals surface area contributed by atoms with Crippen molar-refractivity contribution in [2.75, 3.05) is 6.54 Å². The van der Waals surface area contributed by atoms with Gasteiger partial charge in [0.25, 0.3) is 0 Å². The molecule has 0 aromatic carbocycles. The number of carbonyl (C=O) groups is 1. The molecule has 0 atom stereocenters. The van der Waals surface area contributed by atoms with Gasteiger partial charge >= 0.3 is 0 Å². The minimum atomic E-state index is -0.0135. The van der Waals surface area contributed by atoms with Crippen LogP contribution in [0.15, 0.2) is 17.0 Å². The van der Waals surface area contributed by atoms with Crippen molar-refractivity contribution in [3.05, 3.63) is 32.7 Å². The molecule has 0 aliphatic carbocycles. The minimum absolute atomic E-state index is 0.0135. The van der Waals surface area contributed by atoms with Crippen LogP contribution in [0.4, 0.5) is 0 Å². The van der Waals surface area contributed by atoms with Crippen LogP contribution in [0.5, 0.6) is 0 Å². The van der Waals surface area contributed by atoms with Crippen molar-refractivity contribution >= 4 is 28.6 Å². The van der Waals surface area contributed by atoms with E-state index in [4.69, 9.17) is 5.73 Å². The molecule has 1 amide bonds. The Bertz CT molecular complexity index is 495. The highest BCUT2D eigenvalue weighted by Crippen LogP contribution is 2.09. The lowest BCUT2D eigenvalue weighted by Crippen LogP contribution is -2.27. The number of nitrogens with two attached hydrogens (primary N) is 1. The molecular formula is C11H14N4OS2. The van der Waals surface area contributed by atoms with E-state index in [2.05, 4.69) is 15.3 Å². The highest BCUT2D eigenvalue weighted by Gasteiger charge is 2.07. The van der Waals surface area contributed by atoms with Crippen LogP contribution in [0.2, 0.25) is 0 Å². The van der Waals surface area contributed by atoms with Crippen LogP contribution in [0.1, 0.15) is 15.7 Å². The Morgan fingerprint density at radius 2 is 2.28 bits per heavy atom. The molecule has 7 heteroatoms. The molecule has 2 heterocycles. The number of hydrogen-bond acceptors (Lipinski definition) is 6. The van der Waals surface area contributed by atoms with Gasteiger partial charge in [0.1, 0.15) is 5.01 Å². The van der Waals surface area contributed by atoms with E-state index < -0.39 is 0 Å². The molecule has 96 valence electrons. The van der Waals surface area contributed by atoms with Gasteiger partial charge in [0, 0.05) is 36.5 Å². The molecule has 0 radical (unpaired) electrons. The molecule has 2 aromatic heterocycles. The van der Waals surface area contributed by atoms with Crippen molar-refractivity contribution < 1.29 is 4.79 Å². The average molecular weight is 282 g/mol. The van der Waals surface area contributed by atoms with E-state index in [1.54, 1.807) is 17.5 Å². The number of thiazole rings is 2.